The molecule has 0 radical (unpaired) electrons. The zero-order valence-corrected chi connectivity index (χ0v) is 13.6. The first-order chi connectivity index (χ1) is 11.6. The minimum Gasteiger partial charge on any atom is -0.355 e. The molecule has 4 rings (SSSR count). The fourth-order valence-electron chi connectivity index (χ4n) is 3.16. The van der Waals surface area contributed by atoms with Gasteiger partial charge < -0.3 is 10.6 Å². The summed E-state index contributed by atoms with van der Waals surface area (Å²) in [5.74, 6) is 0.827. The lowest BCUT2D eigenvalue weighted by molar-refractivity contribution is 0.135. The van der Waals surface area contributed by atoms with Crippen molar-refractivity contribution in [2.24, 2.45) is 12.8 Å². The maximum atomic E-state index is 14.4. The Labute approximate surface area is 138 Å². The molecule has 8 heteroatoms. The van der Waals surface area contributed by atoms with Crippen LogP contribution in [0.15, 0.2) is 30.9 Å². The van der Waals surface area contributed by atoms with Crippen LogP contribution < -0.4 is 10.6 Å². The minimum atomic E-state index is -1.26. The number of aromatic nitrogens is 5. The Kier molecular flexibility index (Phi) is 3.49. The van der Waals surface area contributed by atoms with Crippen LogP contribution in [0.1, 0.15) is 12.8 Å². The highest BCUT2D eigenvalue weighted by atomic mass is 19.1. The van der Waals surface area contributed by atoms with Crippen LogP contribution in [0.5, 0.6) is 0 Å². The smallest absolute Gasteiger partial charge is 0.155 e. The average Bonchev–Trinajstić information content (AvgIpc) is 3.23. The van der Waals surface area contributed by atoms with Gasteiger partial charge in [0.1, 0.15) is 11.2 Å². The summed E-state index contributed by atoms with van der Waals surface area (Å²) >= 11 is 0. The summed E-state index contributed by atoms with van der Waals surface area (Å²) in [5, 5.41) is 8.54. The summed E-state index contributed by atoms with van der Waals surface area (Å²) in [6, 6.07) is 1.93. The summed E-state index contributed by atoms with van der Waals surface area (Å²) in [6.07, 6.45) is 8.17. The third kappa shape index (κ3) is 2.52. The summed E-state index contributed by atoms with van der Waals surface area (Å²) in [7, 11) is 1.87. The van der Waals surface area contributed by atoms with Gasteiger partial charge in [-0.25, -0.2) is 13.9 Å². The zero-order valence-electron chi connectivity index (χ0n) is 13.6. The number of alkyl halides is 1. The van der Waals surface area contributed by atoms with Crippen molar-refractivity contribution in [2.45, 2.75) is 18.5 Å². The standard InChI is InChI=1S/C16H20FN7/c1-22-9-12(8-20-22)13-10-24-14(2-5-19-24)15(21-13)23-6-3-16(17,11-18)4-7-23/h2,5,8-10H,3-4,6-7,11,18H2,1H3. The predicted octanol–water partition coefficient (Wildman–Crippen LogP) is 1.40. The van der Waals surface area contributed by atoms with Gasteiger partial charge in [0.2, 0.25) is 0 Å². The van der Waals surface area contributed by atoms with E-state index in [-0.39, 0.29) is 6.54 Å². The van der Waals surface area contributed by atoms with Crippen LogP contribution in [-0.2, 0) is 7.05 Å². The molecule has 3 aromatic rings. The first kappa shape index (κ1) is 15.1. The average molecular weight is 329 g/mol. The molecule has 0 unspecified atom stereocenters. The second-order valence-corrected chi connectivity index (χ2v) is 6.36. The van der Waals surface area contributed by atoms with Gasteiger partial charge in [0.15, 0.2) is 5.82 Å². The molecule has 4 heterocycles. The highest BCUT2D eigenvalue weighted by molar-refractivity contribution is 5.72. The highest BCUT2D eigenvalue weighted by Gasteiger charge is 2.34. The van der Waals surface area contributed by atoms with E-state index in [4.69, 9.17) is 10.7 Å². The first-order valence-electron chi connectivity index (χ1n) is 8.05. The molecule has 2 N–H and O–H groups in total. The number of hydrogen-bond donors (Lipinski definition) is 1. The number of halogens is 1. The van der Waals surface area contributed by atoms with Crippen molar-refractivity contribution in [3.63, 3.8) is 0 Å². The number of anilines is 1. The van der Waals surface area contributed by atoms with Crippen LogP contribution >= 0.6 is 0 Å². The number of nitrogens with two attached hydrogens (primary N) is 1. The Balaban J connectivity index is 1.73. The number of hydrogen-bond acceptors (Lipinski definition) is 5. The van der Waals surface area contributed by atoms with Gasteiger partial charge in [-0.2, -0.15) is 10.2 Å². The van der Waals surface area contributed by atoms with Crippen LogP contribution in [0.25, 0.3) is 16.8 Å². The molecule has 126 valence electrons. The van der Waals surface area contributed by atoms with Crippen LogP contribution in [0.2, 0.25) is 0 Å². The van der Waals surface area contributed by atoms with Crippen LogP contribution in [0, 0.1) is 0 Å². The normalized spacial score (nSPS) is 17.5. The number of piperidine rings is 1. The Morgan fingerprint density at radius 1 is 1.25 bits per heavy atom. The zero-order chi connectivity index (χ0) is 16.7. The van der Waals surface area contributed by atoms with E-state index in [2.05, 4.69) is 15.1 Å². The van der Waals surface area contributed by atoms with E-state index in [1.807, 2.05) is 30.0 Å². The van der Waals surface area contributed by atoms with Crippen LogP contribution in [-0.4, -0.2) is 49.7 Å². The topological polar surface area (TPSA) is 77.3 Å². The molecule has 0 spiro atoms. The SMILES string of the molecule is Cn1cc(-c2cn3nccc3c(N3CCC(F)(CN)CC3)n2)cn1. The minimum absolute atomic E-state index is 0.0755. The second-order valence-electron chi connectivity index (χ2n) is 6.36. The van der Waals surface area contributed by atoms with Crippen molar-refractivity contribution in [1.82, 2.24) is 24.4 Å². The molecule has 0 aromatic carbocycles. The van der Waals surface area contributed by atoms with Gasteiger partial charge in [-0.15, -0.1) is 0 Å². The number of rotatable bonds is 3. The van der Waals surface area contributed by atoms with E-state index >= 15 is 0 Å². The van der Waals surface area contributed by atoms with Gasteiger partial charge in [-0.05, 0) is 6.07 Å². The molecule has 0 saturated carbocycles. The highest BCUT2D eigenvalue weighted by Crippen LogP contribution is 2.31. The van der Waals surface area contributed by atoms with E-state index in [9.17, 15) is 4.39 Å². The predicted molar refractivity (Wildman–Crippen MR) is 89.5 cm³/mol. The molecular formula is C16H20FN7. The van der Waals surface area contributed by atoms with E-state index < -0.39 is 5.67 Å². The molecule has 7 nitrogen and oxygen atoms in total. The van der Waals surface area contributed by atoms with Crippen molar-refractivity contribution in [3.8, 4) is 11.3 Å². The van der Waals surface area contributed by atoms with Crippen molar-refractivity contribution in [1.29, 1.82) is 0 Å². The fourth-order valence-corrected chi connectivity index (χ4v) is 3.16. The van der Waals surface area contributed by atoms with Crippen LogP contribution in [0.4, 0.5) is 10.2 Å². The summed E-state index contributed by atoms with van der Waals surface area (Å²) in [5.41, 5.74) is 6.95. The molecule has 0 aliphatic carbocycles. The van der Waals surface area contributed by atoms with E-state index in [0.717, 1.165) is 22.6 Å². The number of aryl methyl sites for hydroxylation is 1. The van der Waals surface area contributed by atoms with Gasteiger partial charge in [-0.1, -0.05) is 0 Å². The Hall–Kier alpha value is -2.48. The van der Waals surface area contributed by atoms with Gasteiger partial charge in [0.05, 0.1) is 24.3 Å². The molecule has 1 aliphatic heterocycles. The third-order valence-corrected chi connectivity index (χ3v) is 4.70. The lowest BCUT2D eigenvalue weighted by Gasteiger charge is -2.36. The van der Waals surface area contributed by atoms with Crippen molar-refractivity contribution >= 4 is 11.3 Å². The molecule has 24 heavy (non-hydrogen) atoms. The Morgan fingerprint density at radius 2 is 2.04 bits per heavy atom. The molecule has 3 aromatic heterocycles. The Bertz CT molecular complexity index is 860. The lowest BCUT2D eigenvalue weighted by atomic mass is 9.93. The monoisotopic (exact) mass is 329 g/mol. The first-order valence-corrected chi connectivity index (χ1v) is 8.05. The number of fused-ring (bicyclic) bond motifs is 1. The molecule has 1 aliphatic rings. The summed E-state index contributed by atoms with van der Waals surface area (Å²) in [4.78, 5) is 6.93. The van der Waals surface area contributed by atoms with Gasteiger partial charge in [0, 0.05) is 51.3 Å². The largest absolute Gasteiger partial charge is 0.355 e. The quantitative estimate of drug-likeness (QED) is 0.786. The van der Waals surface area contributed by atoms with Gasteiger partial charge in [0.25, 0.3) is 0 Å². The van der Waals surface area contributed by atoms with Gasteiger partial charge >= 0.3 is 0 Å². The second kappa shape index (κ2) is 5.55. The maximum Gasteiger partial charge on any atom is 0.155 e. The molecule has 0 bridgehead atoms. The van der Waals surface area contributed by atoms with E-state index in [1.54, 1.807) is 17.1 Å². The van der Waals surface area contributed by atoms with Crippen molar-refractivity contribution in [3.05, 3.63) is 30.9 Å². The molecule has 1 fully saturated rings. The lowest BCUT2D eigenvalue weighted by Crippen LogP contribution is -2.46. The molecular weight excluding hydrogens is 309 g/mol. The van der Waals surface area contributed by atoms with Crippen molar-refractivity contribution < 1.29 is 4.39 Å². The summed E-state index contributed by atoms with van der Waals surface area (Å²) < 4.78 is 17.9. The summed E-state index contributed by atoms with van der Waals surface area (Å²) in [6.45, 7) is 1.27. The molecule has 0 atom stereocenters. The van der Waals surface area contributed by atoms with Gasteiger partial charge in [-0.3, -0.25) is 4.68 Å². The molecule has 1 saturated heterocycles. The van der Waals surface area contributed by atoms with E-state index in [0.29, 0.717) is 25.9 Å². The van der Waals surface area contributed by atoms with Crippen LogP contribution in [0.3, 0.4) is 0 Å². The molecule has 0 amide bonds. The third-order valence-electron chi connectivity index (χ3n) is 4.70. The number of nitrogens with zero attached hydrogens (tertiary/aromatic N) is 6. The maximum absolute atomic E-state index is 14.4. The fraction of sp³-hybridized carbons (Fsp3) is 0.438. The Morgan fingerprint density at radius 3 is 2.71 bits per heavy atom. The van der Waals surface area contributed by atoms with E-state index in [1.165, 1.54) is 0 Å². The van der Waals surface area contributed by atoms with Crippen molar-refractivity contribution in [2.75, 3.05) is 24.5 Å².